The first kappa shape index (κ1) is 40.4. The fourth-order valence-corrected chi connectivity index (χ4v) is 9.77. The zero-order chi connectivity index (χ0) is 31.6. The van der Waals surface area contributed by atoms with E-state index in [9.17, 15) is 48.3 Å². The summed E-state index contributed by atoms with van der Waals surface area (Å²) in [7, 11) is -13.8. The summed E-state index contributed by atoms with van der Waals surface area (Å²) >= 11 is 0. The van der Waals surface area contributed by atoms with Gasteiger partial charge in [-0.05, 0) is 19.3 Å². The van der Waals surface area contributed by atoms with E-state index in [2.05, 4.69) is 6.92 Å². The molecule has 0 aromatic rings. The maximum Gasteiger partial charge on any atom is 0.504 e. The lowest BCUT2D eigenvalue weighted by Crippen LogP contribution is -3.23. The van der Waals surface area contributed by atoms with Crippen LogP contribution < -0.4 is 4.90 Å². The Balaban J connectivity index is 6.02. The van der Waals surface area contributed by atoms with Crippen LogP contribution in [0.5, 0.6) is 0 Å². The van der Waals surface area contributed by atoms with Gasteiger partial charge in [0.2, 0.25) is 0 Å². The van der Waals surface area contributed by atoms with Crippen molar-refractivity contribution in [1.82, 2.24) is 0 Å². The van der Waals surface area contributed by atoms with Gasteiger partial charge in [0, 0.05) is 6.42 Å². The smallest absolute Gasteiger partial charge is 0.391 e. The number of aliphatic hydroxyl groups excluding tert-OH is 1. The van der Waals surface area contributed by atoms with Crippen molar-refractivity contribution in [2.24, 2.45) is 0 Å². The molecule has 0 aliphatic rings. The number of nitrogens with one attached hydrogen (secondary N) is 1. The molecule has 0 amide bonds. The lowest BCUT2D eigenvalue weighted by atomic mass is 10.1. The van der Waals surface area contributed by atoms with Gasteiger partial charge in [0.25, 0.3) is 0 Å². The molecule has 0 rings (SSSR count). The monoisotopic (exact) mass is 648 g/mol. The van der Waals surface area contributed by atoms with Gasteiger partial charge in [0.15, 0.2) is 0 Å². The van der Waals surface area contributed by atoms with Crippen LogP contribution >= 0.6 is 0 Å². The Morgan fingerprint density at radius 3 is 1.15 bits per heavy atom. The minimum Gasteiger partial charge on any atom is -0.391 e. The van der Waals surface area contributed by atoms with Crippen molar-refractivity contribution < 1.29 is 53.2 Å². The number of aliphatic hydroxyl groups is 1. The van der Waals surface area contributed by atoms with Crippen molar-refractivity contribution in [3.63, 3.8) is 0 Å². The minimum absolute atomic E-state index is 0.0175. The fraction of sp³-hybridized carbons (Fsp3) is 1.00. The first-order valence-corrected chi connectivity index (χ1v) is 18.1. The molecule has 0 aliphatic carbocycles. The Labute approximate surface area is 243 Å². The van der Waals surface area contributed by atoms with Crippen LogP contribution in [0.2, 0.25) is 0 Å². The largest absolute Gasteiger partial charge is 0.504 e. The van der Waals surface area contributed by atoms with E-state index in [1.165, 1.54) is 0 Å². The van der Waals surface area contributed by atoms with Gasteiger partial charge in [-0.15, -0.1) is 0 Å². The van der Waals surface area contributed by atoms with Gasteiger partial charge in [0.1, 0.15) is 6.54 Å². The summed E-state index contributed by atoms with van der Waals surface area (Å²) in [4.78, 5) is -0.934. The third-order valence-electron chi connectivity index (χ3n) is 7.62. The lowest BCUT2D eigenvalue weighted by Gasteiger charge is -2.39. The summed E-state index contributed by atoms with van der Waals surface area (Å²) in [5.74, 6) is 0. The molecule has 2 N–H and O–H groups in total. The number of sulfone groups is 2. The van der Waals surface area contributed by atoms with E-state index in [1.54, 1.807) is 0 Å². The molecule has 248 valence electrons. The second-order valence-electron chi connectivity index (χ2n) is 10.9. The SMILES string of the molecule is CCCCCCCCCCCCC([NH+](CCO)CCCCCCCCCC)(S(=O)(=O)C(F)(F)F)S(=O)(=O)C(F)(F)F. The van der Waals surface area contributed by atoms with Crippen LogP contribution in [0.1, 0.15) is 136 Å². The van der Waals surface area contributed by atoms with Crippen LogP contribution in [-0.4, -0.2) is 56.9 Å². The zero-order valence-corrected chi connectivity index (χ0v) is 26.4. The van der Waals surface area contributed by atoms with Gasteiger partial charge in [-0.25, -0.2) is 16.8 Å². The van der Waals surface area contributed by atoms with Crippen molar-refractivity contribution in [3.8, 4) is 0 Å². The van der Waals surface area contributed by atoms with Gasteiger partial charge in [-0.1, -0.05) is 110 Å². The van der Waals surface area contributed by atoms with Gasteiger partial charge in [-0.2, -0.15) is 26.3 Å². The third kappa shape index (κ3) is 12.1. The predicted octanol–water partition coefficient (Wildman–Crippen LogP) is 6.84. The average Bonchev–Trinajstić information content (AvgIpc) is 2.87. The van der Waals surface area contributed by atoms with Crippen molar-refractivity contribution >= 4 is 19.7 Å². The highest BCUT2D eigenvalue weighted by Gasteiger charge is 2.77. The van der Waals surface area contributed by atoms with E-state index in [0.29, 0.717) is 25.7 Å². The quantitative estimate of drug-likeness (QED) is 0.0836. The van der Waals surface area contributed by atoms with E-state index in [4.69, 9.17) is 0 Å². The van der Waals surface area contributed by atoms with Gasteiger partial charge >= 0.3 is 34.9 Å². The minimum atomic E-state index is -6.89. The summed E-state index contributed by atoms with van der Waals surface area (Å²) in [5, 5.41) is 9.53. The Kier molecular flexibility index (Phi) is 19.3. The topological polar surface area (TPSA) is 92.9 Å². The lowest BCUT2D eigenvalue weighted by molar-refractivity contribution is -0.923. The highest BCUT2D eigenvalue weighted by Crippen LogP contribution is 2.43. The molecule has 0 aromatic heterocycles. The van der Waals surface area contributed by atoms with Crippen LogP contribution in [0.3, 0.4) is 0 Å². The molecule has 0 radical (unpaired) electrons. The van der Waals surface area contributed by atoms with Gasteiger partial charge in [-0.3, -0.25) is 0 Å². The molecule has 41 heavy (non-hydrogen) atoms. The molecular formula is C27H52F6NO5S2+. The highest BCUT2D eigenvalue weighted by molar-refractivity contribution is 8.10. The number of rotatable bonds is 25. The number of halogens is 6. The maximum atomic E-state index is 13.9. The van der Waals surface area contributed by atoms with Crippen molar-refractivity contribution in [2.75, 3.05) is 19.7 Å². The average molecular weight is 649 g/mol. The molecule has 0 heterocycles. The van der Waals surface area contributed by atoms with E-state index in [0.717, 1.165) is 70.6 Å². The Morgan fingerprint density at radius 1 is 0.512 bits per heavy atom. The van der Waals surface area contributed by atoms with Crippen LogP contribution in [0.15, 0.2) is 0 Å². The molecule has 14 heteroatoms. The van der Waals surface area contributed by atoms with Crippen LogP contribution in [0, 0.1) is 0 Å². The molecule has 0 spiro atoms. The molecule has 1 atom stereocenters. The molecule has 1 unspecified atom stereocenters. The molecule has 0 fully saturated rings. The van der Waals surface area contributed by atoms with Crippen molar-refractivity contribution in [2.45, 2.75) is 151 Å². The Hall–Kier alpha value is -0.600. The summed E-state index contributed by atoms with van der Waals surface area (Å²) in [6.07, 6.45) is 11.2. The normalized spacial score (nSPS) is 14.5. The molecule has 0 saturated carbocycles. The number of hydrogen-bond acceptors (Lipinski definition) is 5. The summed E-state index contributed by atoms with van der Waals surface area (Å²) in [6, 6.07) is 0. The van der Waals surface area contributed by atoms with Gasteiger partial charge in [0.05, 0.1) is 13.2 Å². The second kappa shape index (κ2) is 19.6. The molecule has 6 nitrogen and oxygen atoms in total. The van der Waals surface area contributed by atoms with E-state index in [1.807, 2.05) is 6.92 Å². The second-order valence-corrected chi connectivity index (χ2v) is 15.5. The van der Waals surface area contributed by atoms with E-state index < -0.39 is 72.3 Å². The summed E-state index contributed by atoms with van der Waals surface area (Å²) in [6.45, 7) is 1.69. The van der Waals surface area contributed by atoms with E-state index in [-0.39, 0.29) is 12.8 Å². The van der Waals surface area contributed by atoms with Crippen LogP contribution in [0.4, 0.5) is 26.3 Å². The Bertz CT molecular complexity index is 849. The summed E-state index contributed by atoms with van der Waals surface area (Å²) in [5.41, 5.74) is -12.5. The standard InChI is InChI=1S/C27H51F6NO5S2/c1-3-5-7-9-11-13-14-15-17-19-21-25(40(36,37)26(28,29)30,41(38,39)27(31,32)33)34(23-24-35)22-20-18-16-12-10-8-6-4-2/h35H,3-24H2,1-2H3/p+1. The maximum absolute atomic E-state index is 13.9. The first-order chi connectivity index (χ1) is 19.1. The molecule has 0 aliphatic heterocycles. The first-order valence-electron chi connectivity index (χ1n) is 15.2. The Morgan fingerprint density at radius 2 is 0.829 bits per heavy atom. The molecule has 0 aromatic carbocycles. The molecule has 0 bridgehead atoms. The fourth-order valence-electron chi connectivity index (χ4n) is 5.30. The zero-order valence-electron chi connectivity index (χ0n) is 24.7. The third-order valence-corrected chi connectivity index (χ3v) is 12.9. The van der Waals surface area contributed by atoms with E-state index >= 15 is 0 Å². The molecule has 0 saturated heterocycles. The highest BCUT2D eigenvalue weighted by atomic mass is 32.3. The van der Waals surface area contributed by atoms with Crippen LogP contribution in [0.25, 0.3) is 0 Å². The number of quaternary nitrogens is 1. The number of alkyl halides is 6. The summed E-state index contributed by atoms with van der Waals surface area (Å²) < 4.78 is 131. The van der Waals surface area contributed by atoms with Crippen molar-refractivity contribution in [1.29, 1.82) is 0 Å². The van der Waals surface area contributed by atoms with Gasteiger partial charge < -0.3 is 10.0 Å². The van der Waals surface area contributed by atoms with Crippen LogP contribution in [-0.2, 0) is 19.7 Å². The van der Waals surface area contributed by atoms with Crippen molar-refractivity contribution in [3.05, 3.63) is 0 Å². The number of unbranched alkanes of at least 4 members (excludes halogenated alkanes) is 16. The number of hydrogen-bond donors (Lipinski definition) is 2. The predicted molar refractivity (Wildman–Crippen MR) is 150 cm³/mol. The molecular weight excluding hydrogens is 596 g/mol.